The molecule has 1 rings (SSSR count). The second-order valence-corrected chi connectivity index (χ2v) is 6.43. The lowest BCUT2D eigenvalue weighted by Gasteiger charge is -2.23. The number of rotatable bonds is 4. The molecule has 1 aromatic heterocycles. The lowest BCUT2D eigenvalue weighted by Crippen LogP contribution is -2.31. The summed E-state index contributed by atoms with van der Waals surface area (Å²) in [4.78, 5) is 11.8. The smallest absolute Gasteiger partial charge is 0.313 e. The molecule has 0 fully saturated rings. The number of aromatic nitrogens is 1. The quantitative estimate of drug-likeness (QED) is 0.768. The van der Waals surface area contributed by atoms with Gasteiger partial charge in [-0.15, -0.1) is 0 Å². The minimum absolute atomic E-state index is 0.138. The molecule has 0 aromatic carbocycles. The molecule has 102 valence electrons. The standard InChI is InChI=1S/C15H25NO2/c1-7-18-13(17)15(5,6)11-16-9-8-12(10-16)14(2,3)4/h8-10H,7,11H2,1-6H3. The van der Waals surface area contributed by atoms with Crippen LogP contribution in [-0.4, -0.2) is 17.1 Å². The van der Waals surface area contributed by atoms with E-state index in [1.165, 1.54) is 5.56 Å². The van der Waals surface area contributed by atoms with Crippen molar-refractivity contribution in [3.8, 4) is 0 Å². The number of nitrogens with zero attached hydrogens (tertiary/aromatic N) is 1. The Kier molecular flexibility index (Phi) is 4.25. The van der Waals surface area contributed by atoms with Crippen LogP contribution in [0, 0.1) is 5.41 Å². The molecular formula is C15H25NO2. The Hall–Kier alpha value is -1.25. The number of esters is 1. The van der Waals surface area contributed by atoms with Crippen LogP contribution in [0.3, 0.4) is 0 Å². The van der Waals surface area contributed by atoms with Gasteiger partial charge in [-0.2, -0.15) is 0 Å². The van der Waals surface area contributed by atoms with Crippen LogP contribution >= 0.6 is 0 Å². The molecule has 3 heteroatoms. The second-order valence-electron chi connectivity index (χ2n) is 6.43. The molecule has 0 unspecified atom stereocenters. The van der Waals surface area contributed by atoms with E-state index in [9.17, 15) is 4.79 Å². The third-order valence-electron chi connectivity index (χ3n) is 3.02. The fraction of sp³-hybridized carbons (Fsp3) is 0.667. The number of carbonyl (C=O) groups excluding carboxylic acids is 1. The first-order valence-electron chi connectivity index (χ1n) is 6.50. The van der Waals surface area contributed by atoms with Gasteiger partial charge in [0.2, 0.25) is 0 Å². The van der Waals surface area contributed by atoms with E-state index in [2.05, 4.69) is 37.6 Å². The minimum Gasteiger partial charge on any atom is -0.466 e. The van der Waals surface area contributed by atoms with Crippen molar-refractivity contribution in [2.75, 3.05) is 6.61 Å². The summed E-state index contributed by atoms with van der Waals surface area (Å²) in [6.45, 7) is 13.3. The Balaban J connectivity index is 2.79. The van der Waals surface area contributed by atoms with E-state index >= 15 is 0 Å². The molecule has 0 aliphatic heterocycles. The molecule has 0 amide bonds. The van der Waals surface area contributed by atoms with Crippen molar-refractivity contribution in [2.24, 2.45) is 5.41 Å². The summed E-state index contributed by atoms with van der Waals surface area (Å²) in [5.74, 6) is -0.143. The first kappa shape index (κ1) is 14.8. The van der Waals surface area contributed by atoms with E-state index in [1.807, 2.05) is 27.0 Å². The van der Waals surface area contributed by atoms with E-state index in [0.717, 1.165) is 0 Å². The Morgan fingerprint density at radius 3 is 2.33 bits per heavy atom. The van der Waals surface area contributed by atoms with Crippen molar-refractivity contribution in [1.82, 2.24) is 4.57 Å². The fourth-order valence-electron chi connectivity index (χ4n) is 1.83. The molecule has 0 aliphatic rings. The molecular weight excluding hydrogens is 226 g/mol. The molecule has 0 radical (unpaired) electrons. The van der Waals surface area contributed by atoms with E-state index < -0.39 is 5.41 Å². The van der Waals surface area contributed by atoms with Gasteiger partial charge in [-0.1, -0.05) is 20.8 Å². The van der Waals surface area contributed by atoms with Gasteiger partial charge in [0.25, 0.3) is 0 Å². The highest BCUT2D eigenvalue weighted by atomic mass is 16.5. The molecule has 1 heterocycles. The van der Waals surface area contributed by atoms with Gasteiger partial charge in [0.05, 0.1) is 12.0 Å². The third-order valence-corrected chi connectivity index (χ3v) is 3.02. The zero-order valence-electron chi connectivity index (χ0n) is 12.4. The summed E-state index contributed by atoms with van der Waals surface area (Å²) >= 11 is 0. The van der Waals surface area contributed by atoms with Crippen molar-refractivity contribution in [3.63, 3.8) is 0 Å². The van der Waals surface area contributed by atoms with Crippen LogP contribution < -0.4 is 0 Å². The first-order valence-corrected chi connectivity index (χ1v) is 6.50. The zero-order valence-corrected chi connectivity index (χ0v) is 12.4. The molecule has 0 N–H and O–H groups in total. The number of ether oxygens (including phenoxy) is 1. The van der Waals surface area contributed by atoms with Gasteiger partial charge in [-0.05, 0) is 37.8 Å². The van der Waals surface area contributed by atoms with Crippen molar-refractivity contribution in [3.05, 3.63) is 24.0 Å². The maximum absolute atomic E-state index is 11.8. The zero-order chi connectivity index (χ0) is 14.0. The summed E-state index contributed by atoms with van der Waals surface area (Å²) in [6.07, 6.45) is 4.14. The Morgan fingerprint density at radius 2 is 1.89 bits per heavy atom. The molecule has 0 bridgehead atoms. The van der Waals surface area contributed by atoms with Gasteiger partial charge in [-0.3, -0.25) is 4.79 Å². The molecule has 0 saturated carbocycles. The molecule has 3 nitrogen and oxygen atoms in total. The normalized spacial score (nSPS) is 12.6. The Labute approximate surface area is 110 Å². The minimum atomic E-state index is -0.496. The molecule has 0 aliphatic carbocycles. The lowest BCUT2D eigenvalue weighted by atomic mass is 9.89. The highest BCUT2D eigenvalue weighted by molar-refractivity contribution is 5.75. The van der Waals surface area contributed by atoms with Crippen LogP contribution in [0.1, 0.15) is 47.1 Å². The first-order chi connectivity index (χ1) is 8.16. The predicted octanol–water partition coefficient (Wildman–Crippen LogP) is 3.37. The van der Waals surface area contributed by atoms with Gasteiger partial charge >= 0.3 is 5.97 Å². The van der Waals surface area contributed by atoms with Crippen molar-refractivity contribution in [2.45, 2.75) is 53.5 Å². The van der Waals surface area contributed by atoms with Crippen LogP contribution in [0.5, 0.6) is 0 Å². The van der Waals surface area contributed by atoms with Gasteiger partial charge in [0, 0.05) is 18.9 Å². The lowest BCUT2D eigenvalue weighted by molar-refractivity contribution is -0.154. The van der Waals surface area contributed by atoms with Crippen molar-refractivity contribution in [1.29, 1.82) is 0 Å². The topological polar surface area (TPSA) is 31.2 Å². The van der Waals surface area contributed by atoms with Crippen molar-refractivity contribution < 1.29 is 9.53 Å². The third kappa shape index (κ3) is 3.62. The van der Waals surface area contributed by atoms with Crippen molar-refractivity contribution >= 4 is 5.97 Å². The molecule has 18 heavy (non-hydrogen) atoms. The largest absolute Gasteiger partial charge is 0.466 e. The number of hydrogen-bond acceptors (Lipinski definition) is 2. The van der Waals surface area contributed by atoms with E-state index in [-0.39, 0.29) is 11.4 Å². The predicted molar refractivity (Wildman–Crippen MR) is 73.5 cm³/mol. The van der Waals surface area contributed by atoms with Crippen LogP contribution in [-0.2, 0) is 21.5 Å². The molecule has 1 aromatic rings. The summed E-state index contributed by atoms with van der Waals surface area (Å²) in [6, 6.07) is 2.11. The summed E-state index contributed by atoms with van der Waals surface area (Å²) in [5.41, 5.74) is 0.922. The summed E-state index contributed by atoms with van der Waals surface area (Å²) in [7, 11) is 0. The maximum atomic E-state index is 11.8. The number of hydrogen-bond donors (Lipinski definition) is 0. The average Bonchev–Trinajstić information content (AvgIpc) is 2.65. The van der Waals surface area contributed by atoms with E-state index in [1.54, 1.807) is 0 Å². The maximum Gasteiger partial charge on any atom is 0.313 e. The SMILES string of the molecule is CCOC(=O)C(C)(C)Cn1ccc(C(C)(C)C)c1. The molecule has 0 spiro atoms. The molecule has 0 saturated heterocycles. The average molecular weight is 251 g/mol. The molecule has 0 atom stereocenters. The monoisotopic (exact) mass is 251 g/mol. The fourth-order valence-corrected chi connectivity index (χ4v) is 1.83. The Bertz CT molecular complexity index is 410. The second kappa shape index (κ2) is 5.17. The van der Waals surface area contributed by atoms with E-state index in [4.69, 9.17) is 4.74 Å². The van der Waals surface area contributed by atoms with E-state index in [0.29, 0.717) is 13.2 Å². The summed E-state index contributed by atoms with van der Waals surface area (Å²) in [5, 5.41) is 0. The van der Waals surface area contributed by atoms with Crippen LogP contribution in [0.4, 0.5) is 0 Å². The highest BCUT2D eigenvalue weighted by Gasteiger charge is 2.29. The Morgan fingerprint density at radius 1 is 1.28 bits per heavy atom. The summed E-state index contributed by atoms with van der Waals surface area (Å²) < 4.78 is 7.17. The van der Waals surface area contributed by atoms with Crippen LogP contribution in [0.2, 0.25) is 0 Å². The van der Waals surface area contributed by atoms with Gasteiger partial charge in [0.1, 0.15) is 0 Å². The van der Waals surface area contributed by atoms with Crippen LogP contribution in [0.15, 0.2) is 18.5 Å². The van der Waals surface area contributed by atoms with Gasteiger partial charge in [-0.25, -0.2) is 0 Å². The highest BCUT2D eigenvalue weighted by Crippen LogP contribution is 2.25. The number of carbonyl (C=O) groups is 1. The van der Waals surface area contributed by atoms with Gasteiger partial charge < -0.3 is 9.30 Å². The van der Waals surface area contributed by atoms with Gasteiger partial charge in [0.15, 0.2) is 0 Å². The van der Waals surface area contributed by atoms with Crippen LogP contribution in [0.25, 0.3) is 0 Å².